The standard InChI is InChI=1S/C14H16FI/c1-11(16)14(15,13-9-5-6-10-13)12-7-3-2-4-8-12/h2-4,7-8,13H,1,5-6,9-10H2. The van der Waals surface area contributed by atoms with E-state index in [2.05, 4.69) is 6.58 Å². The molecule has 1 aromatic carbocycles. The predicted octanol–water partition coefficient (Wildman–Crippen LogP) is 4.99. The summed E-state index contributed by atoms with van der Waals surface area (Å²) in [5.74, 6) is 0.110. The fraction of sp³-hybridized carbons (Fsp3) is 0.429. The Kier molecular flexibility index (Phi) is 3.67. The fourth-order valence-electron chi connectivity index (χ4n) is 2.62. The van der Waals surface area contributed by atoms with Gasteiger partial charge in [-0.15, -0.1) is 0 Å². The molecule has 0 amide bonds. The van der Waals surface area contributed by atoms with Crippen LogP contribution in [0.15, 0.2) is 40.5 Å². The summed E-state index contributed by atoms with van der Waals surface area (Å²) >= 11 is 2.04. The molecule has 0 aromatic heterocycles. The largest absolute Gasteiger partial charge is 0.233 e. The van der Waals surface area contributed by atoms with Crippen molar-refractivity contribution in [3.63, 3.8) is 0 Å². The van der Waals surface area contributed by atoms with Gasteiger partial charge < -0.3 is 0 Å². The highest BCUT2D eigenvalue weighted by Gasteiger charge is 2.43. The summed E-state index contributed by atoms with van der Waals surface area (Å²) in [6.45, 7) is 3.86. The van der Waals surface area contributed by atoms with Crippen LogP contribution in [0.5, 0.6) is 0 Å². The van der Waals surface area contributed by atoms with Gasteiger partial charge in [-0.1, -0.05) is 49.8 Å². The van der Waals surface area contributed by atoms with Crippen LogP contribution in [-0.4, -0.2) is 0 Å². The minimum absolute atomic E-state index is 0.110. The lowest BCUT2D eigenvalue weighted by molar-refractivity contribution is 0.138. The Hall–Kier alpha value is -0.380. The number of hydrogen-bond donors (Lipinski definition) is 0. The van der Waals surface area contributed by atoms with E-state index in [4.69, 9.17) is 0 Å². The minimum atomic E-state index is -1.34. The lowest BCUT2D eigenvalue weighted by Crippen LogP contribution is -2.29. The van der Waals surface area contributed by atoms with Gasteiger partial charge in [0.05, 0.1) is 0 Å². The van der Waals surface area contributed by atoms with E-state index in [1.54, 1.807) is 0 Å². The summed E-state index contributed by atoms with van der Waals surface area (Å²) in [6, 6.07) is 9.48. The zero-order chi connectivity index (χ0) is 11.6. The van der Waals surface area contributed by atoms with Crippen LogP contribution in [0, 0.1) is 5.92 Å². The molecule has 16 heavy (non-hydrogen) atoms. The van der Waals surface area contributed by atoms with Gasteiger partial charge in [-0.3, -0.25) is 0 Å². The van der Waals surface area contributed by atoms with Crippen molar-refractivity contribution in [2.45, 2.75) is 31.4 Å². The van der Waals surface area contributed by atoms with Crippen LogP contribution in [0.4, 0.5) is 4.39 Å². The highest BCUT2D eigenvalue weighted by molar-refractivity contribution is 14.1. The van der Waals surface area contributed by atoms with Crippen LogP contribution in [0.1, 0.15) is 31.2 Å². The predicted molar refractivity (Wildman–Crippen MR) is 74.3 cm³/mol. The zero-order valence-corrected chi connectivity index (χ0v) is 11.4. The third kappa shape index (κ3) is 2.04. The van der Waals surface area contributed by atoms with Gasteiger partial charge in [0, 0.05) is 9.50 Å². The quantitative estimate of drug-likeness (QED) is 0.685. The average molecular weight is 330 g/mol. The molecule has 2 heteroatoms. The van der Waals surface area contributed by atoms with Gasteiger partial charge in [0.1, 0.15) is 0 Å². The molecule has 1 atom stereocenters. The van der Waals surface area contributed by atoms with Crippen LogP contribution in [0.2, 0.25) is 0 Å². The Morgan fingerprint density at radius 1 is 1.25 bits per heavy atom. The van der Waals surface area contributed by atoms with E-state index in [0.717, 1.165) is 31.2 Å². The molecular weight excluding hydrogens is 314 g/mol. The average Bonchev–Trinajstić information content (AvgIpc) is 2.82. The SMILES string of the molecule is C=C(I)C(F)(c1ccccc1)C1CCCC1. The van der Waals surface area contributed by atoms with Crippen LogP contribution in [0.25, 0.3) is 0 Å². The molecule has 2 rings (SSSR count). The number of alkyl halides is 1. The second kappa shape index (κ2) is 4.86. The van der Waals surface area contributed by atoms with Crippen molar-refractivity contribution in [3.8, 4) is 0 Å². The van der Waals surface area contributed by atoms with Gasteiger partial charge >= 0.3 is 0 Å². The molecule has 0 radical (unpaired) electrons. The first-order valence-corrected chi connectivity index (χ1v) is 6.83. The summed E-state index contributed by atoms with van der Waals surface area (Å²) in [5.41, 5.74) is -0.570. The Balaban J connectivity index is 2.39. The molecule has 0 nitrogen and oxygen atoms in total. The number of hydrogen-bond acceptors (Lipinski definition) is 0. The maximum Gasteiger partial charge on any atom is 0.168 e. The van der Waals surface area contributed by atoms with Crippen molar-refractivity contribution in [1.29, 1.82) is 0 Å². The zero-order valence-electron chi connectivity index (χ0n) is 9.26. The Bertz CT molecular complexity index is 368. The van der Waals surface area contributed by atoms with Gasteiger partial charge in [-0.2, -0.15) is 0 Å². The lowest BCUT2D eigenvalue weighted by Gasteiger charge is -2.31. The van der Waals surface area contributed by atoms with Crippen LogP contribution < -0.4 is 0 Å². The van der Waals surface area contributed by atoms with Crippen molar-refractivity contribution >= 4 is 22.6 Å². The second-order valence-electron chi connectivity index (χ2n) is 4.46. The van der Waals surface area contributed by atoms with Crippen LogP contribution >= 0.6 is 22.6 Å². The molecule has 0 aliphatic heterocycles. The van der Waals surface area contributed by atoms with Crippen LogP contribution in [0.3, 0.4) is 0 Å². The van der Waals surface area contributed by atoms with E-state index >= 15 is 4.39 Å². The first-order chi connectivity index (χ1) is 7.65. The van der Waals surface area contributed by atoms with Gasteiger partial charge in [0.2, 0.25) is 0 Å². The van der Waals surface area contributed by atoms with E-state index in [1.165, 1.54) is 0 Å². The van der Waals surface area contributed by atoms with E-state index in [1.807, 2.05) is 52.9 Å². The van der Waals surface area contributed by atoms with Crippen molar-refractivity contribution in [3.05, 3.63) is 46.1 Å². The van der Waals surface area contributed by atoms with Gasteiger partial charge in [-0.05, 0) is 41.0 Å². The number of allylic oxidation sites excluding steroid dienone is 1. The summed E-state index contributed by atoms with van der Waals surface area (Å²) in [5, 5.41) is 0. The molecule has 0 bridgehead atoms. The molecule has 0 spiro atoms. The molecule has 1 fully saturated rings. The second-order valence-corrected chi connectivity index (χ2v) is 5.77. The smallest absolute Gasteiger partial charge is 0.168 e. The maximum atomic E-state index is 15.2. The van der Waals surface area contributed by atoms with E-state index in [0.29, 0.717) is 3.58 Å². The number of rotatable bonds is 3. The molecule has 1 unspecified atom stereocenters. The molecule has 1 saturated carbocycles. The first-order valence-electron chi connectivity index (χ1n) is 5.75. The Morgan fingerprint density at radius 2 is 1.81 bits per heavy atom. The maximum absolute atomic E-state index is 15.2. The normalized spacial score (nSPS) is 20.6. The minimum Gasteiger partial charge on any atom is -0.233 e. The molecule has 1 aliphatic carbocycles. The third-order valence-corrected chi connectivity index (χ3v) is 4.29. The molecule has 1 aliphatic rings. The van der Waals surface area contributed by atoms with E-state index in [9.17, 15) is 0 Å². The van der Waals surface area contributed by atoms with Crippen LogP contribution in [-0.2, 0) is 5.67 Å². The summed E-state index contributed by atoms with van der Waals surface area (Å²) in [4.78, 5) is 0. The van der Waals surface area contributed by atoms with E-state index < -0.39 is 5.67 Å². The summed E-state index contributed by atoms with van der Waals surface area (Å²) in [6.07, 6.45) is 4.25. The van der Waals surface area contributed by atoms with Gasteiger partial charge in [0.15, 0.2) is 5.67 Å². The molecular formula is C14H16FI. The highest BCUT2D eigenvalue weighted by atomic mass is 127. The van der Waals surface area contributed by atoms with Crippen molar-refractivity contribution in [2.75, 3.05) is 0 Å². The molecule has 0 N–H and O–H groups in total. The topological polar surface area (TPSA) is 0 Å². The van der Waals surface area contributed by atoms with Crippen molar-refractivity contribution < 1.29 is 4.39 Å². The van der Waals surface area contributed by atoms with Crippen molar-refractivity contribution in [1.82, 2.24) is 0 Å². The summed E-state index contributed by atoms with van der Waals surface area (Å²) < 4.78 is 15.9. The fourth-order valence-corrected chi connectivity index (χ4v) is 3.37. The Labute approximate surface area is 110 Å². The van der Waals surface area contributed by atoms with Gasteiger partial charge in [-0.25, -0.2) is 4.39 Å². The highest BCUT2D eigenvalue weighted by Crippen LogP contribution is 2.49. The molecule has 0 saturated heterocycles. The molecule has 86 valence electrons. The Morgan fingerprint density at radius 3 is 2.31 bits per heavy atom. The number of benzene rings is 1. The van der Waals surface area contributed by atoms with E-state index in [-0.39, 0.29) is 5.92 Å². The lowest BCUT2D eigenvalue weighted by atomic mass is 9.82. The molecule has 0 heterocycles. The third-order valence-electron chi connectivity index (χ3n) is 3.51. The van der Waals surface area contributed by atoms with Crippen molar-refractivity contribution in [2.24, 2.45) is 5.92 Å². The van der Waals surface area contributed by atoms with Gasteiger partial charge in [0.25, 0.3) is 0 Å². The number of halogens is 2. The monoisotopic (exact) mass is 330 g/mol. The molecule has 1 aromatic rings. The summed E-state index contributed by atoms with van der Waals surface area (Å²) in [7, 11) is 0. The first kappa shape index (κ1) is 12.1.